The van der Waals surface area contributed by atoms with Gasteiger partial charge in [-0.3, -0.25) is 0 Å². The summed E-state index contributed by atoms with van der Waals surface area (Å²) in [6.07, 6.45) is 7.12. The zero-order chi connectivity index (χ0) is 32.7. The van der Waals surface area contributed by atoms with Gasteiger partial charge in [0, 0.05) is 49.6 Å². The van der Waals surface area contributed by atoms with Crippen LogP contribution >= 0.6 is 11.6 Å². The molecule has 3 N–H and O–H groups in total. The Bertz CT molecular complexity index is 1330. The Morgan fingerprint density at radius 2 is 1.82 bits per heavy atom. The summed E-state index contributed by atoms with van der Waals surface area (Å²) >= 11 is 6.58. The highest BCUT2D eigenvalue weighted by molar-refractivity contribution is 6.33. The summed E-state index contributed by atoms with van der Waals surface area (Å²) in [4.78, 5) is 21.8. The minimum Gasteiger partial charge on any atom is -0.458 e. The summed E-state index contributed by atoms with van der Waals surface area (Å²) in [5.74, 6) is 1.12. The summed E-state index contributed by atoms with van der Waals surface area (Å²) in [5.41, 5.74) is -0.455. The van der Waals surface area contributed by atoms with Gasteiger partial charge in [0.05, 0.1) is 28.8 Å². The lowest BCUT2D eigenvalue weighted by Crippen LogP contribution is -2.46. The van der Waals surface area contributed by atoms with E-state index in [1.807, 2.05) is 45.0 Å². The molecule has 0 bridgehead atoms. The van der Waals surface area contributed by atoms with Crippen molar-refractivity contribution in [3.05, 3.63) is 35.5 Å². The molecular formula is C34H49ClN6O4. The first-order valence-electron chi connectivity index (χ1n) is 16.0. The van der Waals surface area contributed by atoms with Crippen LogP contribution in [-0.2, 0) is 19.0 Å². The van der Waals surface area contributed by atoms with Gasteiger partial charge in [0.25, 0.3) is 0 Å². The van der Waals surface area contributed by atoms with Crippen molar-refractivity contribution in [1.82, 2.24) is 15.3 Å². The summed E-state index contributed by atoms with van der Waals surface area (Å²) in [6, 6.07) is 11.0. The number of halogens is 1. The molecular weight excluding hydrogens is 592 g/mol. The van der Waals surface area contributed by atoms with Crippen molar-refractivity contribution in [2.45, 2.75) is 109 Å². The normalized spacial score (nSPS) is 20.9. The average Bonchev–Trinajstić information content (AvgIpc) is 3.01. The molecule has 0 unspecified atom stereocenters. The maximum Gasteiger partial charge on any atom is 0.338 e. The van der Waals surface area contributed by atoms with Crippen LogP contribution in [0.15, 0.2) is 30.5 Å². The highest BCUT2D eigenvalue weighted by Crippen LogP contribution is 2.32. The Balaban J connectivity index is 1.27. The van der Waals surface area contributed by atoms with Gasteiger partial charge in [-0.2, -0.15) is 5.26 Å². The van der Waals surface area contributed by atoms with Crippen molar-refractivity contribution in [2.24, 2.45) is 5.41 Å². The standard InChI is InChI=1S/C34H49ClN6O4/c1-23(20-44-33(5,6)31(42)45-32(2,3)4)39-24-10-12-25(13-11-24)40-30-18-26(27(35)19-37-30)28-8-7-9-29(41-28)38-22-34(21-36)14-16-43-17-15-34/h7-9,18-19,23-25,39H,10-17,20,22H2,1-6H3,(H,37,40)(H,38,41)/t23-,24?,25?/m1/s1. The molecule has 2 aromatic rings. The first-order chi connectivity index (χ1) is 21.3. The van der Waals surface area contributed by atoms with E-state index in [1.165, 1.54) is 0 Å². The van der Waals surface area contributed by atoms with E-state index in [1.54, 1.807) is 20.0 Å². The van der Waals surface area contributed by atoms with Crippen molar-refractivity contribution < 1.29 is 19.0 Å². The van der Waals surface area contributed by atoms with E-state index in [0.29, 0.717) is 62.1 Å². The predicted octanol–water partition coefficient (Wildman–Crippen LogP) is 6.37. The Kier molecular flexibility index (Phi) is 11.7. The number of esters is 1. The number of ether oxygens (including phenoxy) is 3. The third-order valence-corrected chi connectivity index (χ3v) is 8.66. The number of hydrogen-bond acceptors (Lipinski definition) is 10. The number of nitrogens with one attached hydrogen (secondary N) is 3. The molecule has 246 valence electrons. The first kappa shape index (κ1) is 34.9. The van der Waals surface area contributed by atoms with Crippen LogP contribution in [0.4, 0.5) is 11.6 Å². The van der Waals surface area contributed by atoms with E-state index in [2.05, 4.69) is 33.9 Å². The smallest absolute Gasteiger partial charge is 0.338 e. The fourth-order valence-electron chi connectivity index (χ4n) is 5.60. The van der Waals surface area contributed by atoms with Crippen LogP contribution in [0.1, 0.15) is 80.1 Å². The van der Waals surface area contributed by atoms with Gasteiger partial charge in [-0.05, 0) is 98.3 Å². The zero-order valence-corrected chi connectivity index (χ0v) is 28.3. The van der Waals surface area contributed by atoms with Crippen LogP contribution in [0, 0.1) is 16.7 Å². The number of pyridine rings is 2. The minimum atomic E-state index is -1.01. The predicted molar refractivity (Wildman–Crippen MR) is 177 cm³/mol. The SMILES string of the molecule is C[C@H](COC(C)(C)C(=O)OC(C)(C)C)NC1CCC(Nc2cc(-c3cccc(NCC4(C#N)CCOCC4)n3)c(Cl)cn2)CC1. The van der Waals surface area contributed by atoms with Crippen molar-refractivity contribution in [3.63, 3.8) is 0 Å². The van der Waals surface area contributed by atoms with E-state index in [9.17, 15) is 10.1 Å². The number of carbonyl (C=O) groups excluding carboxylic acids is 1. The second kappa shape index (κ2) is 15.1. The van der Waals surface area contributed by atoms with Crippen molar-refractivity contribution in [1.29, 1.82) is 5.26 Å². The van der Waals surface area contributed by atoms with E-state index in [4.69, 9.17) is 30.8 Å². The van der Waals surface area contributed by atoms with Gasteiger partial charge >= 0.3 is 5.97 Å². The summed E-state index contributed by atoms with van der Waals surface area (Å²) in [6.45, 7) is 13.3. The van der Waals surface area contributed by atoms with E-state index in [0.717, 1.165) is 42.8 Å². The van der Waals surface area contributed by atoms with E-state index < -0.39 is 16.6 Å². The Labute approximate surface area is 273 Å². The van der Waals surface area contributed by atoms with Gasteiger partial charge < -0.3 is 30.2 Å². The highest BCUT2D eigenvalue weighted by Gasteiger charge is 2.35. The van der Waals surface area contributed by atoms with Gasteiger partial charge in [-0.1, -0.05) is 17.7 Å². The van der Waals surface area contributed by atoms with Gasteiger partial charge in [0.15, 0.2) is 5.60 Å². The van der Waals surface area contributed by atoms with Crippen molar-refractivity contribution >= 4 is 29.2 Å². The lowest BCUT2D eigenvalue weighted by Gasteiger charge is -2.33. The second-order valence-corrected chi connectivity index (χ2v) is 14.3. The molecule has 1 saturated carbocycles. The Morgan fingerprint density at radius 3 is 2.49 bits per heavy atom. The van der Waals surface area contributed by atoms with Crippen LogP contribution < -0.4 is 16.0 Å². The minimum absolute atomic E-state index is 0.0987. The fourth-order valence-corrected chi connectivity index (χ4v) is 5.80. The molecule has 0 spiro atoms. The molecule has 2 aromatic heterocycles. The van der Waals surface area contributed by atoms with Crippen LogP contribution in [-0.4, -0.2) is 71.6 Å². The maximum absolute atomic E-state index is 12.5. The zero-order valence-electron chi connectivity index (χ0n) is 27.5. The number of rotatable bonds is 12. The summed E-state index contributed by atoms with van der Waals surface area (Å²) in [7, 11) is 0. The monoisotopic (exact) mass is 640 g/mol. The van der Waals surface area contributed by atoms with E-state index in [-0.39, 0.29) is 12.0 Å². The molecule has 0 aromatic carbocycles. The molecule has 45 heavy (non-hydrogen) atoms. The molecule has 0 amide bonds. The van der Waals surface area contributed by atoms with E-state index >= 15 is 0 Å². The number of anilines is 2. The number of nitriles is 1. The lowest BCUT2D eigenvalue weighted by molar-refractivity contribution is -0.180. The maximum atomic E-state index is 12.5. The van der Waals surface area contributed by atoms with Crippen LogP contribution in [0.2, 0.25) is 5.02 Å². The van der Waals surface area contributed by atoms with Gasteiger partial charge in [0.2, 0.25) is 0 Å². The quantitative estimate of drug-likeness (QED) is 0.225. The summed E-state index contributed by atoms with van der Waals surface area (Å²) in [5, 5.41) is 20.9. The van der Waals surface area contributed by atoms with Crippen molar-refractivity contribution in [2.75, 3.05) is 37.0 Å². The fraction of sp³-hybridized carbons (Fsp3) is 0.647. The summed E-state index contributed by atoms with van der Waals surface area (Å²) < 4.78 is 16.9. The molecule has 10 nitrogen and oxygen atoms in total. The number of aromatic nitrogens is 2. The molecule has 1 atom stereocenters. The van der Waals surface area contributed by atoms with Gasteiger partial charge in [0.1, 0.15) is 17.2 Å². The highest BCUT2D eigenvalue weighted by atomic mass is 35.5. The Hall–Kier alpha value is -2.97. The number of nitrogens with zero attached hydrogens (tertiary/aromatic N) is 3. The van der Waals surface area contributed by atoms with Gasteiger partial charge in [-0.15, -0.1) is 0 Å². The topological polar surface area (TPSA) is 130 Å². The molecule has 2 aliphatic rings. The Morgan fingerprint density at radius 1 is 1.13 bits per heavy atom. The third kappa shape index (κ3) is 10.3. The molecule has 1 saturated heterocycles. The van der Waals surface area contributed by atoms with Gasteiger partial charge in [-0.25, -0.2) is 14.8 Å². The lowest BCUT2D eigenvalue weighted by atomic mass is 9.82. The second-order valence-electron chi connectivity index (χ2n) is 13.9. The van der Waals surface area contributed by atoms with Crippen molar-refractivity contribution in [3.8, 4) is 17.3 Å². The molecule has 11 heteroatoms. The third-order valence-electron chi connectivity index (χ3n) is 8.36. The molecule has 2 fully saturated rings. The molecule has 4 rings (SSSR count). The first-order valence-corrected chi connectivity index (χ1v) is 16.4. The van der Waals surface area contributed by atoms with Crippen LogP contribution in [0.25, 0.3) is 11.3 Å². The molecule has 0 radical (unpaired) electrons. The molecule has 1 aliphatic heterocycles. The molecule has 1 aliphatic carbocycles. The average molecular weight is 641 g/mol. The van der Waals surface area contributed by atoms with Crippen LogP contribution in [0.5, 0.6) is 0 Å². The van der Waals surface area contributed by atoms with Crippen LogP contribution in [0.3, 0.4) is 0 Å². The molecule has 3 heterocycles. The number of hydrogen-bond donors (Lipinski definition) is 3. The number of carbonyl (C=O) groups is 1. The largest absolute Gasteiger partial charge is 0.458 e.